The van der Waals surface area contributed by atoms with Crippen molar-refractivity contribution in [3.8, 4) is 0 Å². The van der Waals surface area contributed by atoms with Crippen molar-refractivity contribution in [2.75, 3.05) is 20.6 Å². The molecule has 1 aromatic carbocycles. The summed E-state index contributed by atoms with van der Waals surface area (Å²) in [5.41, 5.74) is 0.638. The molecule has 1 N–H and O–H groups in total. The van der Waals surface area contributed by atoms with E-state index in [1.54, 1.807) is 38.1 Å². The summed E-state index contributed by atoms with van der Waals surface area (Å²) in [5.74, 6) is -0.336. The minimum absolute atomic E-state index is 0.0577. The van der Waals surface area contributed by atoms with Crippen LogP contribution in [0.15, 0.2) is 30.3 Å². The Balaban J connectivity index is 2.62. The fourth-order valence-corrected chi connectivity index (χ4v) is 1.62. The minimum Gasteiger partial charge on any atom is -0.359 e. The van der Waals surface area contributed by atoms with Crippen LogP contribution in [0.25, 0.3) is 0 Å². The molecule has 2 amide bonds. The van der Waals surface area contributed by atoms with Crippen molar-refractivity contribution in [2.45, 2.75) is 6.92 Å². The Morgan fingerprint density at radius 2 is 1.88 bits per heavy atom. The van der Waals surface area contributed by atoms with Crippen molar-refractivity contribution >= 4 is 11.8 Å². The highest BCUT2D eigenvalue weighted by atomic mass is 16.2. The summed E-state index contributed by atoms with van der Waals surface area (Å²) >= 11 is 0. The largest absolute Gasteiger partial charge is 0.359 e. The number of carbonyl (C=O) groups is 2. The topological polar surface area (TPSA) is 49.4 Å². The van der Waals surface area contributed by atoms with Gasteiger partial charge in [-0.05, 0) is 12.1 Å². The van der Waals surface area contributed by atoms with Gasteiger partial charge in [0, 0.05) is 26.2 Å². The third-order valence-electron chi connectivity index (χ3n) is 2.61. The van der Waals surface area contributed by atoms with Gasteiger partial charge in [-0.1, -0.05) is 25.1 Å². The Hall–Kier alpha value is -1.84. The molecule has 0 saturated carbocycles. The monoisotopic (exact) mass is 234 g/mol. The first kappa shape index (κ1) is 13.2. The van der Waals surface area contributed by atoms with E-state index in [1.165, 1.54) is 0 Å². The molecule has 4 nitrogen and oxygen atoms in total. The lowest BCUT2D eigenvalue weighted by atomic mass is 10.1. The van der Waals surface area contributed by atoms with Gasteiger partial charge in [0.1, 0.15) is 0 Å². The normalized spacial score (nSPS) is 11.7. The van der Waals surface area contributed by atoms with Crippen LogP contribution in [0, 0.1) is 5.92 Å². The van der Waals surface area contributed by atoms with Crippen molar-refractivity contribution in [3.63, 3.8) is 0 Å². The Labute approximate surface area is 102 Å². The fraction of sp³-hybridized carbons (Fsp3) is 0.385. The maximum absolute atomic E-state index is 12.0. The van der Waals surface area contributed by atoms with Gasteiger partial charge >= 0.3 is 0 Å². The Bertz CT molecular complexity index is 390. The average Bonchev–Trinajstić information content (AvgIpc) is 2.37. The van der Waals surface area contributed by atoms with Crippen molar-refractivity contribution in [1.29, 1.82) is 0 Å². The summed E-state index contributed by atoms with van der Waals surface area (Å²) in [7, 11) is 3.30. The standard InChI is InChI=1S/C13H18N2O2/c1-10(12(16)14-2)9-15(3)13(17)11-7-5-4-6-8-11/h4-8,10H,9H2,1-3H3,(H,14,16). The summed E-state index contributed by atoms with van der Waals surface area (Å²) < 4.78 is 0. The Morgan fingerprint density at radius 3 is 2.41 bits per heavy atom. The van der Waals surface area contributed by atoms with E-state index in [2.05, 4.69) is 5.32 Å². The third-order valence-corrected chi connectivity index (χ3v) is 2.61. The zero-order valence-corrected chi connectivity index (χ0v) is 10.4. The van der Waals surface area contributed by atoms with E-state index in [-0.39, 0.29) is 17.7 Å². The molecule has 4 heteroatoms. The maximum atomic E-state index is 12.0. The summed E-state index contributed by atoms with van der Waals surface area (Å²) in [4.78, 5) is 24.9. The molecule has 0 heterocycles. The van der Waals surface area contributed by atoms with Crippen molar-refractivity contribution in [1.82, 2.24) is 10.2 Å². The Kier molecular flexibility index (Phi) is 4.69. The van der Waals surface area contributed by atoms with Crippen LogP contribution in [0.3, 0.4) is 0 Å². The van der Waals surface area contributed by atoms with E-state index in [1.807, 2.05) is 18.2 Å². The molecule has 0 fully saturated rings. The smallest absolute Gasteiger partial charge is 0.253 e. The molecular formula is C13H18N2O2. The molecule has 0 bridgehead atoms. The molecule has 0 aliphatic heterocycles. The van der Waals surface area contributed by atoms with E-state index in [4.69, 9.17) is 0 Å². The number of rotatable bonds is 4. The van der Waals surface area contributed by atoms with Crippen LogP contribution >= 0.6 is 0 Å². The van der Waals surface area contributed by atoms with E-state index in [0.29, 0.717) is 12.1 Å². The molecule has 0 spiro atoms. The molecule has 92 valence electrons. The fourth-order valence-electron chi connectivity index (χ4n) is 1.62. The van der Waals surface area contributed by atoms with Crippen LogP contribution in [0.1, 0.15) is 17.3 Å². The average molecular weight is 234 g/mol. The van der Waals surface area contributed by atoms with Gasteiger partial charge in [-0.15, -0.1) is 0 Å². The molecule has 1 aromatic rings. The van der Waals surface area contributed by atoms with Gasteiger partial charge in [-0.3, -0.25) is 9.59 Å². The number of hydrogen-bond donors (Lipinski definition) is 1. The molecule has 0 aliphatic carbocycles. The lowest BCUT2D eigenvalue weighted by Gasteiger charge is -2.20. The number of nitrogens with one attached hydrogen (secondary N) is 1. The van der Waals surface area contributed by atoms with Gasteiger partial charge < -0.3 is 10.2 Å². The molecular weight excluding hydrogens is 216 g/mol. The molecule has 1 rings (SSSR count). The molecule has 1 atom stereocenters. The number of benzene rings is 1. The maximum Gasteiger partial charge on any atom is 0.253 e. The Morgan fingerprint density at radius 1 is 1.29 bits per heavy atom. The van der Waals surface area contributed by atoms with E-state index < -0.39 is 0 Å². The predicted molar refractivity (Wildman–Crippen MR) is 66.6 cm³/mol. The zero-order chi connectivity index (χ0) is 12.8. The van der Waals surface area contributed by atoms with E-state index in [9.17, 15) is 9.59 Å². The first-order valence-corrected chi connectivity index (χ1v) is 5.58. The molecule has 0 radical (unpaired) electrons. The van der Waals surface area contributed by atoms with Crippen LogP contribution in [0.5, 0.6) is 0 Å². The van der Waals surface area contributed by atoms with Gasteiger partial charge in [-0.2, -0.15) is 0 Å². The van der Waals surface area contributed by atoms with E-state index in [0.717, 1.165) is 0 Å². The first-order valence-electron chi connectivity index (χ1n) is 5.58. The van der Waals surface area contributed by atoms with Crippen LogP contribution in [-0.2, 0) is 4.79 Å². The van der Waals surface area contributed by atoms with Gasteiger partial charge in [0.2, 0.25) is 5.91 Å². The lowest BCUT2D eigenvalue weighted by molar-refractivity contribution is -0.124. The van der Waals surface area contributed by atoms with Crippen LogP contribution in [-0.4, -0.2) is 37.4 Å². The lowest BCUT2D eigenvalue weighted by Crippen LogP contribution is -2.37. The highest BCUT2D eigenvalue weighted by molar-refractivity contribution is 5.94. The summed E-state index contributed by atoms with van der Waals surface area (Å²) in [6.07, 6.45) is 0. The van der Waals surface area contributed by atoms with Gasteiger partial charge in [0.05, 0.1) is 5.92 Å². The van der Waals surface area contributed by atoms with Crippen molar-refractivity contribution in [3.05, 3.63) is 35.9 Å². The van der Waals surface area contributed by atoms with Gasteiger partial charge in [-0.25, -0.2) is 0 Å². The highest BCUT2D eigenvalue weighted by Gasteiger charge is 2.17. The van der Waals surface area contributed by atoms with Crippen LogP contribution in [0.4, 0.5) is 0 Å². The molecule has 1 unspecified atom stereocenters. The van der Waals surface area contributed by atoms with Crippen molar-refractivity contribution < 1.29 is 9.59 Å². The van der Waals surface area contributed by atoms with Crippen molar-refractivity contribution in [2.24, 2.45) is 5.92 Å². The summed E-state index contributed by atoms with van der Waals surface area (Å²) in [5, 5.41) is 2.57. The zero-order valence-electron chi connectivity index (χ0n) is 10.4. The van der Waals surface area contributed by atoms with E-state index >= 15 is 0 Å². The quantitative estimate of drug-likeness (QED) is 0.849. The minimum atomic E-state index is -0.210. The number of hydrogen-bond acceptors (Lipinski definition) is 2. The SMILES string of the molecule is CNC(=O)C(C)CN(C)C(=O)c1ccccc1. The number of nitrogens with zero attached hydrogens (tertiary/aromatic N) is 1. The first-order chi connectivity index (χ1) is 8.06. The highest BCUT2D eigenvalue weighted by Crippen LogP contribution is 2.05. The summed E-state index contributed by atoms with van der Waals surface area (Å²) in [6, 6.07) is 9.04. The molecule has 17 heavy (non-hydrogen) atoms. The molecule has 0 aromatic heterocycles. The van der Waals surface area contributed by atoms with Gasteiger partial charge in [0.15, 0.2) is 0 Å². The van der Waals surface area contributed by atoms with Crippen LogP contribution < -0.4 is 5.32 Å². The second-order valence-corrected chi connectivity index (χ2v) is 4.07. The number of carbonyl (C=O) groups excluding carboxylic acids is 2. The van der Waals surface area contributed by atoms with Crippen LogP contribution in [0.2, 0.25) is 0 Å². The third kappa shape index (κ3) is 3.59. The predicted octanol–water partition coefficient (Wildman–Crippen LogP) is 1.14. The second-order valence-electron chi connectivity index (χ2n) is 4.07. The number of amides is 2. The molecule has 0 saturated heterocycles. The van der Waals surface area contributed by atoms with Gasteiger partial charge in [0.25, 0.3) is 5.91 Å². The molecule has 0 aliphatic rings. The summed E-state index contributed by atoms with van der Waals surface area (Å²) in [6.45, 7) is 2.21. The second kappa shape index (κ2) is 6.03.